The van der Waals surface area contributed by atoms with E-state index in [2.05, 4.69) is 0 Å². The van der Waals surface area contributed by atoms with Crippen molar-refractivity contribution in [1.82, 2.24) is 0 Å². The fourth-order valence-corrected chi connectivity index (χ4v) is 2.50. The monoisotopic (exact) mass is 417 g/mol. The Kier molecular flexibility index (Phi) is 5.13. The Balaban J connectivity index is 2.77. The molecule has 12 heteroatoms. The van der Waals surface area contributed by atoms with Gasteiger partial charge in [0, 0.05) is 11.6 Å². The van der Waals surface area contributed by atoms with Crippen LogP contribution in [0.3, 0.4) is 0 Å². The first-order valence-corrected chi connectivity index (χ1v) is 7.19. The summed E-state index contributed by atoms with van der Waals surface area (Å²) in [7, 11) is 0. The van der Waals surface area contributed by atoms with Gasteiger partial charge in [0.15, 0.2) is 0 Å². The van der Waals surface area contributed by atoms with Gasteiger partial charge < -0.3 is 0 Å². The number of nitro groups is 1. The highest BCUT2D eigenvalue weighted by Crippen LogP contribution is 2.58. The number of nitrogens with zero attached hydrogens (tertiary/aromatic N) is 1. The standard InChI is InChI=1S/C16H8F9NO2/c17-13(15(20,21)22,14(18,19)16(23,24)25)10-5-3-4-9(8-10)11-6-1-2-7-12(11)26(27)28/h1-8H. The molecule has 2 aromatic carbocycles. The molecule has 0 saturated heterocycles. The van der Waals surface area contributed by atoms with E-state index in [-0.39, 0.29) is 12.1 Å². The molecule has 2 rings (SSSR count). The van der Waals surface area contributed by atoms with E-state index in [4.69, 9.17) is 0 Å². The molecule has 0 bridgehead atoms. The number of alkyl halides is 9. The lowest BCUT2D eigenvalue weighted by molar-refractivity contribution is -0.389. The van der Waals surface area contributed by atoms with Crippen LogP contribution in [0.2, 0.25) is 0 Å². The molecule has 0 N–H and O–H groups in total. The average molecular weight is 417 g/mol. The van der Waals surface area contributed by atoms with Crippen LogP contribution in [0.5, 0.6) is 0 Å². The molecule has 152 valence electrons. The van der Waals surface area contributed by atoms with Crippen LogP contribution >= 0.6 is 0 Å². The van der Waals surface area contributed by atoms with Gasteiger partial charge in [0.25, 0.3) is 5.69 Å². The summed E-state index contributed by atoms with van der Waals surface area (Å²) in [6.07, 6.45) is -13.5. The molecular formula is C16H8F9NO2. The first kappa shape index (κ1) is 21.5. The molecule has 0 radical (unpaired) electrons. The molecule has 0 saturated carbocycles. The zero-order valence-electron chi connectivity index (χ0n) is 13.3. The molecule has 0 aliphatic carbocycles. The molecule has 0 aliphatic rings. The third kappa shape index (κ3) is 3.27. The van der Waals surface area contributed by atoms with Crippen LogP contribution in [0.1, 0.15) is 5.56 Å². The molecule has 0 amide bonds. The summed E-state index contributed by atoms with van der Waals surface area (Å²) in [4.78, 5) is 10.1. The van der Waals surface area contributed by atoms with Crippen molar-refractivity contribution in [3.05, 3.63) is 64.2 Å². The maximum absolute atomic E-state index is 14.5. The lowest BCUT2D eigenvalue weighted by Gasteiger charge is -2.36. The summed E-state index contributed by atoms with van der Waals surface area (Å²) < 4.78 is 119. The summed E-state index contributed by atoms with van der Waals surface area (Å²) in [5, 5.41) is 11.0. The quantitative estimate of drug-likeness (QED) is 0.339. The van der Waals surface area contributed by atoms with Crippen LogP contribution in [0, 0.1) is 10.1 Å². The normalized spacial score (nSPS) is 15.2. The van der Waals surface area contributed by atoms with Crippen molar-refractivity contribution in [2.75, 3.05) is 0 Å². The van der Waals surface area contributed by atoms with E-state index in [0.717, 1.165) is 18.2 Å². The number of hydrogen-bond donors (Lipinski definition) is 0. The van der Waals surface area contributed by atoms with Crippen LogP contribution in [0.15, 0.2) is 48.5 Å². The van der Waals surface area contributed by atoms with Crippen molar-refractivity contribution >= 4 is 5.69 Å². The predicted octanol–water partition coefficient (Wildman–Crippen LogP) is 6.19. The number of hydrogen-bond acceptors (Lipinski definition) is 2. The molecule has 1 atom stereocenters. The number of benzene rings is 2. The van der Waals surface area contributed by atoms with Crippen molar-refractivity contribution in [2.24, 2.45) is 0 Å². The molecule has 0 spiro atoms. The van der Waals surface area contributed by atoms with Gasteiger partial charge in [-0.3, -0.25) is 10.1 Å². The highest BCUT2D eigenvalue weighted by atomic mass is 19.4. The highest BCUT2D eigenvalue weighted by Gasteiger charge is 2.81. The molecule has 2 aromatic rings. The Hall–Kier alpha value is -2.79. The third-order valence-electron chi connectivity index (χ3n) is 3.85. The predicted molar refractivity (Wildman–Crippen MR) is 78.4 cm³/mol. The van der Waals surface area contributed by atoms with Crippen LogP contribution in [-0.4, -0.2) is 23.2 Å². The number of nitro benzene ring substituents is 1. The maximum Gasteiger partial charge on any atom is 0.457 e. The van der Waals surface area contributed by atoms with Gasteiger partial charge in [-0.1, -0.05) is 30.3 Å². The Morgan fingerprint density at radius 2 is 1.32 bits per heavy atom. The second-order valence-corrected chi connectivity index (χ2v) is 5.58. The minimum Gasteiger partial charge on any atom is -0.258 e. The van der Waals surface area contributed by atoms with Gasteiger partial charge in [-0.15, -0.1) is 0 Å². The lowest BCUT2D eigenvalue weighted by atomic mass is 9.86. The summed E-state index contributed by atoms with van der Waals surface area (Å²) in [6, 6.07) is 6.04. The minimum absolute atomic E-state index is 0.0788. The Morgan fingerprint density at radius 3 is 1.82 bits per heavy atom. The largest absolute Gasteiger partial charge is 0.457 e. The number of halogens is 9. The van der Waals surface area contributed by atoms with Crippen LogP contribution < -0.4 is 0 Å². The molecule has 0 heterocycles. The lowest BCUT2D eigenvalue weighted by Crippen LogP contribution is -2.59. The van der Waals surface area contributed by atoms with E-state index in [1.165, 1.54) is 12.1 Å². The second kappa shape index (κ2) is 6.67. The molecule has 0 aromatic heterocycles. The first-order chi connectivity index (χ1) is 12.6. The van der Waals surface area contributed by atoms with Gasteiger partial charge >= 0.3 is 23.9 Å². The SMILES string of the molecule is O=[N+]([O-])c1ccccc1-c1cccc(C(F)(C(F)(F)F)C(F)(F)C(F)(F)F)c1. The Morgan fingerprint density at radius 1 is 0.750 bits per heavy atom. The topological polar surface area (TPSA) is 43.1 Å². The molecule has 28 heavy (non-hydrogen) atoms. The van der Waals surface area contributed by atoms with Crippen LogP contribution in [0.4, 0.5) is 45.2 Å². The second-order valence-electron chi connectivity index (χ2n) is 5.58. The van der Waals surface area contributed by atoms with Gasteiger partial charge in [0.1, 0.15) is 0 Å². The molecule has 0 aliphatic heterocycles. The molecular weight excluding hydrogens is 409 g/mol. The highest BCUT2D eigenvalue weighted by molar-refractivity contribution is 5.74. The maximum atomic E-state index is 14.5. The van der Waals surface area contributed by atoms with Crippen molar-refractivity contribution < 1.29 is 44.4 Å². The van der Waals surface area contributed by atoms with E-state index in [1.807, 2.05) is 0 Å². The average Bonchev–Trinajstić information content (AvgIpc) is 2.59. The van der Waals surface area contributed by atoms with E-state index in [1.54, 1.807) is 0 Å². The Bertz CT molecular complexity index is 892. The van der Waals surface area contributed by atoms with E-state index >= 15 is 0 Å². The van der Waals surface area contributed by atoms with E-state index in [0.29, 0.717) is 6.07 Å². The van der Waals surface area contributed by atoms with Gasteiger partial charge in [-0.25, -0.2) is 4.39 Å². The molecule has 0 fully saturated rings. The van der Waals surface area contributed by atoms with Crippen LogP contribution in [-0.2, 0) is 5.67 Å². The van der Waals surface area contributed by atoms with Crippen LogP contribution in [0.25, 0.3) is 11.1 Å². The summed E-state index contributed by atoms with van der Waals surface area (Å²) in [5.41, 5.74) is -9.77. The summed E-state index contributed by atoms with van der Waals surface area (Å²) in [6.45, 7) is 0. The molecule has 3 nitrogen and oxygen atoms in total. The summed E-state index contributed by atoms with van der Waals surface area (Å²) in [5.74, 6) is -6.82. The number of rotatable bonds is 4. The summed E-state index contributed by atoms with van der Waals surface area (Å²) >= 11 is 0. The van der Waals surface area contributed by atoms with Gasteiger partial charge in [-0.05, 0) is 17.7 Å². The smallest absolute Gasteiger partial charge is 0.258 e. The number of para-hydroxylation sites is 1. The van der Waals surface area contributed by atoms with Crippen molar-refractivity contribution in [1.29, 1.82) is 0 Å². The van der Waals surface area contributed by atoms with Crippen molar-refractivity contribution in [2.45, 2.75) is 23.9 Å². The fourth-order valence-electron chi connectivity index (χ4n) is 2.50. The van der Waals surface area contributed by atoms with Crippen molar-refractivity contribution in [3.8, 4) is 11.1 Å². The van der Waals surface area contributed by atoms with E-state index < -0.39 is 51.2 Å². The minimum atomic E-state index is -6.86. The Labute approximate surface area is 150 Å². The van der Waals surface area contributed by atoms with Gasteiger partial charge in [0.2, 0.25) is 0 Å². The zero-order valence-corrected chi connectivity index (χ0v) is 13.3. The van der Waals surface area contributed by atoms with Crippen molar-refractivity contribution in [3.63, 3.8) is 0 Å². The third-order valence-corrected chi connectivity index (χ3v) is 3.85. The van der Waals surface area contributed by atoms with E-state index in [9.17, 15) is 49.6 Å². The zero-order chi connectivity index (χ0) is 21.5. The first-order valence-electron chi connectivity index (χ1n) is 7.19. The van der Waals surface area contributed by atoms with Gasteiger partial charge in [0.05, 0.1) is 10.5 Å². The fraction of sp³-hybridized carbons (Fsp3) is 0.250. The molecule has 1 unspecified atom stereocenters. The van der Waals surface area contributed by atoms with Gasteiger partial charge in [-0.2, -0.15) is 35.1 Å².